The molecule has 18 heavy (non-hydrogen) atoms. The van der Waals surface area contributed by atoms with Crippen molar-refractivity contribution in [2.45, 2.75) is 25.5 Å². The van der Waals surface area contributed by atoms with Crippen molar-refractivity contribution in [3.63, 3.8) is 0 Å². The summed E-state index contributed by atoms with van der Waals surface area (Å²) in [6.07, 6.45) is 0.925. The smallest absolute Gasteiger partial charge is 0.151 e. The molecule has 1 aromatic heterocycles. The average Bonchev–Trinajstić information content (AvgIpc) is 2.68. The molecule has 1 aromatic carbocycles. The molecular formula is C13H13ClN2O2. The lowest BCUT2D eigenvalue weighted by Gasteiger charge is -2.21. The van der Waals surface area contributed by atoms with Crippen LogP contribution in [-0.4, -0.2) is 25.9 Å². The molecule has 2 heterocycles. The summed E-state index contributed by atoms with van der Waals surface area (Å²) in [6.45, 7) is 0.715. The zero-order valence-corrected chi connectivity index (χ0v) is 10.4. The van der Waals surface area contributed by atoms with Crippen LogP contribution in [0.25, 0.3) is 11.4 Å². The van der Waals surface area contributed by atoms with Crippen LogP contribution in [0.4, 0.5) is 0 Å². The number of phenols is 1. The molecule has 0 fully saturated rings. The second-order valence-electron chi connectivity index (χ2n) is 4.52. The molecule has 4 nitrogen and oxygen atoms in total. The molecule has 0 saturated heterocycles. The van der Waals surface area contributed by atoms with Crippen molar-refractivity contribution in [1.82, 2.24) is 9.55 Å². The predicted molar refractivity (Wildman–Crippen MR) is 68.7 cm³/mol. The first-order chi connectivity index (χ1) is 8.65. The molecule has 0 bridgehead atoms. The van der Waals surface area contributed by atoms with Gasteiger partial charge in [0, 0.05) is 18.5 Å². The van der Waals surface area contributed by atoms with E-state index in [1.165, 1.54) is 0 Å². The Morgan fingerprint density at radius 2 is 2.00 bits per heavy atom. The SMILES string of the molecule is Oc1ccc(-c2nc(Cl)c3n2CCC(O)C3)cc1. The minimum Gasteiger partial charge on any atom is -0.508 e. The van der Waals surface area contributed by atoms with E-state index in [0.29, 0.717) is 24.5 Å². The molecule has 2 aromatic rings. The zero-order chi connectivity index (χ0) is 12.7. The lowest BCUT2D eigenvalue weighted by atomic mass is 10.1. The van der Waals surface area contributed by atoms with E-state index >= 15 is 0 Å². The lowest BCUT2D eigenvalue weighted by Crippen LogP contribution is -2.23. The minimum absolute atomic E-state index is 0.227. The van der Waals surface area contributed by atoms with Crippen LogP contribution in [-0.2, 0) is 13.0 Å². The van der Waals surface area contributed by atoms with Crippen LogP contribution >= 0.6 is 11.6 Å². The number of benzene rings is 1. The number of aliphatic hydroxyl groups is 1. The van der Waals surface area contributed by atoms with Gasteiger partial charge >= 0.3 is 0 Å². The number of aliphatic hydroxyl groups excluding tert-OH is 1. The van der Waals surface area contributed by atoms with Gasteiger partial charge in [0.25, 0.3) is 0 Å². The first-order valence-electron chi connectivity index (χ1n) is 5.87. The van der Waals surface area contributed by atoms with Crippen LogP contribution in [0.2, 0.25) is 5.15 Å². The van der Waals surface area contributed by atoms with E-state index in [9.17, 15) is 10.2 Å². The van der Waals surface area contributed by atoms with Crippen molar-refractivity contribution in [3.8, 4) is 17.1 Å². The van der Waals surface area contributed by atoms with E-state index in [1.54, 1.807) is 12.1 Å². The molecule has 2 N–H and O–H groups in total. The number of fused-ring (bicyclic) bond motifs is 1. The number of nitrogens with zero attached hydrogens (tertiary/aromatic N) is 2. The Labute approximate surface area is 109 Å². The van der Waals surface area contributed by atoms with E-state index in [-0.39, 0.29) is 11.9 Å². The summed E-state index contributed by atoms with van der Waals surface area (Å²) in [5.74, 6) is 1.02. The fourth-order valence-corrected chi connectivity index (χ4v) is 2.59. The molecule has 1 unspecified atom stereocenters. The van der Waals surface area contributed by atoms with Crippen molar-refractivity contribution in [3.05, 3.63) is 35.1 Å². The van der Waals surface area contributed by atoms with E-state index in [1.807, 2.05) is 16.7 Å². The van der Waals surface area contributed by atoms with Gasteiger partial charge in [-0.15, -0.1) is 0 Å². The van der Waals surface area contributed by atoms with Crippen LogP contribution < -0.4 is 0 Å². The van der Waals surface area contributed by atoms with Crippen LogP contribution in [0.3, 0.4) is 0 Å². The Morgan fingerprint density at radius 3 is 2.72 bits per heavy atom. The standard InChI is InChI=1S/C13H13ClN2O2/c14-12-11-7-10(18)5-6-16(11)13(15-12)8-1-3-9(17)4-2-8/h1-4,10,17-18H,5-7H2. The van der Waals surface area contributed by atoms with E-state index in [0.717, 1.165) is 17.1 Å². The van der Waals surface area contributed by atoms with Gasteiger partial charge in [0.1, 0.15) is 11.6 Å². The zero-order valence-electron chi connectivity index (χ0n) is 9.67. The summed E-state index contributed by atoms with van der Waals surface area (Å²) in [5, 5.41) is 19.4. The summed E-state index contributed by atoms with van der Waals surface area (Å²) >= 11 is 6.12. The highest BCUT2D eigenvalue weighted by molar-refractivity contribution is 6.30. The maximum absolute atomic E-state index is 9.66. The second-order valence-corrected chi connectivity index (χ2v) is 4.88. The Morgan fingerprint density at radius 1 is 1.28 bits per heavy atom. The number of hydrogen-bond donors (Lipinski definition) is 2. The molecule has 5 heteroatoms. The highest BCUT2D eigenvalue weighted by Crippen LogP contribution is 2.30. The third-order valence-corrected chi connectivity index (χ3v) is 3.57. The molecule has 0 spiro atoms. The molecule has 1 aliphatic rings. The fourth-order valence-electron chi connectivity index (χ4n) is 2.33. The maximum Gasteiger partial charge on any atom is 0.151 e. The van der Waals surface area contributed by atoms with Crippen molar-refractivity contribution in [2.75, 3.05) is 0 Å². The molecule has 3 rings (SSSR count). The highest BCUT2D eigenvalue weighted by atomic mass is 35.5. The van der Waals surface area contributed by atoms with Gasteiger partial charge in [-0.2, -0.15) is 0 Å². The Kier molecular flexibility index (Phi) is 2.76. The minimum atomic E-state index is -0.334. The number of hydrogen-bond acceptors (Lipinski definition) is 3. The fraction of sp³-hybridized carbons (Fsp3) is 0.308. The van der Waals surface area contributed by atoms with Crippen molar-refractivity contribution >= 4 is 11.6 Å². The summed E-state index contributed by atoms with van der Waals surface area (Å²) in [4.78, 5) is 4.36. The molecular weight excluding hydrogens is 252 g/mol. The number of halogens is 1. The Hall–Kier alpha value is -1.52. The summed E-state index contributed by atoms with van der Waals surface area (Å²) in [6, 6.07) is 6.88. The average molecular weight is 265 g/mol. The van der Waals surface area contributed by atoms with E-state index < -0.39 is 0 Å². The summed E-state index contributed by atoms with van der Waals surface area (Å²) in [5.41, 5.74) is 1.80. The Bertz CT molecular complexity index is 577. The van der Waals surface area contributed by atoms with Gasteiger partial charge in [0.2, 0.25) is 0 Å². The largest absolute Gasteiger partial charge is 0.508 e. The molecule has 0 aliphatic carbocycles. The van der Waals surface area contributed by atoms with Gasteiger partial charge in [-0.25, -0.2) is 4.98 Å². The number of rotatable bonds is 1. The normalized spacial score (nSPS) is 18.7. The van der Waals surface area contributed by atoms with Gasteiger partial charge < -0.3 is 14.8 Å². The monoisotopic (exact) mass is 264 g/mol. The highest BCUT2D eigenvalue weighted by Gasteiger charge is 2.24. The molecule has 0 radical (unpaired) electrons. The van der Waals surface area contributed by atoms with Crippen LogP contribution in [0.15, 0.2) is 24.3 Å². The number of imidazole rings is 1. The first-order valence-corrected chi connectivity index (χ1v) is 6.25. The second kappa shape index (κ2) is 4.30. The molecule has 0 saturated carbocycles. The number of phenolic OH excluding ortho intramolecular Hbond substituents is 1. The lowest BCUT2D eigenvalue weighted by molar-refractivity contribution is 0.144. The van der Waals surface area contributed by atoms with Gasteiger partial charge in [-0.1, -0.05) is 11.6 Å². The topological polar surface area (TPSA) is 58.3 Å². The summed E-state index contributed by atoms with van der Waals surface area (Å²) in [7, 11) is 0. The molecule has 1 aliphatic heterocycles. The van der Waals surface area contributed by atoms with E-state index in [2.05, 4.69) is 4.98 Å². The van der Waals surface area contributed by atoms with Crippen LogP contribution in [0.5, 0.6) is 5.75 Å². The third-order valence-electron chi connectivity index (χ3n) is 3.26. The Balaban J connectivity index is 2.08. The van der Waals surface area contributed by atoms with Crippen LogP contribution in [0, 0.1) is 0 Å². The predicted octanol–water partition coefficient (Wildman–Crippen LogP) is 2.22. The quantitative estimate of drug-likeness (QED) is 0.830. The van der Waals surface area contributed by atoms with Crippen LogP contribution in [0.1, 0.15) is 12.1 Å². The number of aromatic hydroxyl groups is 1. The van der Waals surface area contributed by atoms with Crippen molar-refractivity contribution < 1.29 is 10.2 Å². The third kappa shape index (κ3) is 1.87. The molecule has 94 valence electrons. The van der Waals surface area contributed by atoms with Gasteiger partial charge in [-0.3, -0.25) is 0 Å². The van der Waals surface area contributed by atoms with Gasteiger partial charge in [-0.05, 0) is 30.7 Å². The van der Waals surface area contributed by atoms with E-state index in [4.69, 9.17) is 11.6 Å². The molecule has 1 atom stereocenters. The maximum atomic E-state index is 9.66. The first kappa shape index (κ1) is 11.6. The van der Waals surface area contributed by atoms with Crippen molar-refractivity contribution in [2.24, 2.45) is 0 Å². The summed E-state index contributed by atoms with van der Waals surface area (Å²) < 4.78 is 2.04. The van der Waals surface area contributed by atoms with Crippen molar-refractivity contribution in [1.29, 1.82) is 0 Å². The van der Waals surface area contributed by atoms with Gasteiger partial charge in [0.05, 0.1) is 11.8 Å². The van der Waals surface area contributed by atoms with Gasteiger partial charge in [0.15, 0.2) is 5.15 Å². The molecule has 0 amide bonds. The number of aromatic nitrogens is 2.